The molecular weight excluding hydrogens is 128 g/mol. The highest BCUT2D eigenvalue weighted by Gasteiger charge is 1.91. The fraction of sp³-hybridized carbons (Fsp3) is 0.833. The van der Waals surface area contributed by atoms with Gasteiger partial charge in [0.2, 0.25) is 0 Å². The first-order chi connectivity index (χ1) is 3.93. The van der Waals surface area contributed by atoms with Gasteiger partial charge >= 0.3 is 0 Å². The van der Waals surface area contributed by atoms with Crippen LogP contribution >= 0.6 is 0 Å². The highest BCUT2D eigenvalue weighted by atomic mass is 15.5. The topological polar surface area (TPSA) is 54.5 Å². The van der Waals surface area contributed by atoms with Crippen molar-refractivity contribution in [3.05, 3.63) is 5.82 Å². The molecule has 0 saturated carbocycles. The zero-order valence-electron chi connectivity index (χ0n) is 4.76. The Morgan fingerprint density at radius 3 is 2.50 bits per heavy atom. The molecule has 1 N–H and O–H groups in total. The van der Waals surface area contributed by atoms with Gasteiger partial charge in [0.1, 0.15) is 0 Å². The van der Waals surface area contributed by atoms with Crippen molar-refractivity contribution in [1.82, 2.24) is 20.6 Å². The Labute approximate surface area is 62.0 Å². The fourth-order valence-electron chi connectivity index (χ4n) is 0.512. The summed E-state index contributed by atoms with van der Waals surface area (Å²) in [6, 6.07) is 0. The van der Waals surface area contributed by atoms with Gasteiger partial charge in [0.25, 0.3) is 0 Å². The zero-order valence-corrected chi connectivity index (χ0v) is 4.76. The number of hydrogen-bond donors (Lipinski definition) is 1. The minimum Gasteiger partial charge on any atom is -0.177 e. The molecule has 4 nitrogen and oxygen atoms in total. The molecular formula is C6H16N4. The quantitative estimate of drug-likeness (QED) is 0.683. The number of nitrogens with zero attached hydrogens (tertiary/aromatic N) is 3. The van der Waals surface area contributed by atoms with Gasteiger partial charge in [-0.15, -0.1) is 10.2 Å². The van der Waals surface area contributed by atoms with E-state index in [4.69, 9.17) is 0 Å². The lowest BCUT2D eigenvalue weighted by Gasteiger charge is -1.80. The standard InChI is InChI=1S/C4H8N4.2CH4/c1-2-3-4-5-7-8-6-4;;/h2-3H2,1H3,(H,5,6,7,8);2*1H4. The van der Waals surface area contributed by atoms with Crippen LogP contribution in [0.2, 0.25) is 0 Å². The van der Waals surface area contributed by atoms with Crippen LogP contribution in [0.1, 0.15) is 34.0 Å². The number of aromatic amines is 1. The highest BCUT2D eigenvalue weighted by molar-refractivity contribution is 4.73. The van der Waals surface area contributed by atoms with Gasteiger partial charge in [0.15, 0.2) is 5.82 Å². The van der Waals surface area contributed by atoms with Crippen molar-refractivity contribution >= 4 is 0 Å². The third-order valence-corrected chi connectivity index (χ3v) is 0.863. The van der Waals surface area contributed by atoms with Gasteiger partial charge in [0.05, 0.1) is 0 Å². The zero-order chi connectivity index (χ0) is 5.82. The first-order valence-electron chi connectivity index (χ1n) is 2.66. The number of rotatable bonds is 2. The van der Waals surface area contributed by atoms with Crippen LogP contribution < -0.4 is 0 Å². The van der Waals surface area contributed by atoms with E-state index in [0.29, 0.717) is 0 Å². The van der Waals surface area contributed by atoms with Crippen LogP contribution in [0.4, 0.5) is 0 Å². The van der Waals surface area contributed by atoms with Crippen LogP contribution in [0.15, 0.2) is 0 Å². The molecule has 0 aliphatic heterocycles. The molecule has 0 atom stereocenters. The molecule has 1 heterocycles. The highest BCUT2D eigenvalue weighted by Crippen LogP contribution is 1.87. The van der Waals surface area contributed by atoms with Crippen LogP contribution in [0.25, 0.3) is 0 Å². The summed E-state index contributed by atoms with van der Waals surface area (Å²) in [7, 11) is 0. The van der Waals surface area contributed by atoms with Gasteiger partial charge < -0.3 is 0 Å². The summed E-state index contributed by atoms with van der Waals surface area (Å²) in [5.74, 6) is 0.799. The predicted molar refractivity (Wildman–Crippen MR) is 41.6 cm³/mol. The van der Waals surface area contributed by atoms with Crippen LogP contribution in [0.5, 0.6) is 0 Å². The molecule has 0 fully saturated rings. The fourth-order valence-corrected chi connectivity index (χ4v) is 0.512. The average molecular weight is 144 g/mol. The molecule has 10 heavy (non-hydrogen) atoms. The Hall–Kier alpha value is -0.930. The second kappa shape index (κ2) is 6.19. The molecule has 1 rings (SSSR count). The lowest BCUT2D eigenvalue weighted by molar-refractivity contribution is 0.839. The molecule has 0 unspecified atom stereocenters. The molecule has 0 aliphatic carbocycles. The molecule has 0 aromatic carbocycles. The maximum atomic E-state index is 3.76. The monoisotopic (exact) mass is 144 g/mol. The molecule has 0 saturated heterocycles. The number of aromatic nitrogens is 4. The second-order valence-corrected chi connectivity index (χ2v) is 1.58. The Balaban J connectivity index is 0. The van der Waals surface area contributed by atoms with E-state index in [9.17, 15) is 0 Å². The Kier molecular flexibility index (Phi) is 7.32. The summed E-state index contributed by atoms with van der Waals surface area (Å²) in [6.07, 6.45) is 1.98. The van der Waals surface area contributed by atoms with Gasteiger partial charge in [-0.2, -0.15) is 5.21 Å². The molecule has 0 radical (unpaired) electrons. The number of tetrazole rings is 1. The summed E-state index contributed by atoms with van der Waals surface area (Å²) >= 11 is 0. The van der Waals surface area contributed by atoms with Gasteiger partial charge in [-0.05, 0) is 6.42 Å². The Morgan fingerprint density at radius 1 is 1.40 bits per heavy atom. The van der Waals surface area contributed by atoms with Crippen molar-refractivity contribution in [1.29, 1.82) is 0 Å². The number of hydrogen-bond acceptors (Lipinski definition) is 3. The minimum absolute atomic E-state index is 0. The number of H-pyrrole nitrogens is 1. The third-order valence-electron chi connectivity index (χ3n) is 0.863. The SMILES string of the molecule is C.C.CCCc1nn[nH]n1. The summed E-state index contributed by atoms with van der Waals surface area (Å²) in [6.45, 7) is 2.08. The van der Waals surface area contributed by atoms with E-state index >= 15 is 0 Å². The van der Waals surface area contributed by atoms with Crippen molar-refractivity contribution in [2.45, 2.75) is 34.6 Å². The molecule has 0 spiro atoms. The molecule has 0 bridgehead atoms. The van der Waals surface area contributed by atoms with E-state index in [2.05, 4.69) is 27.5 Å². The predicted octanol–water partition coefficient (Wildman–Crippen LogP) is 1.42. The van der Waals surface area contributed by atoms with E-state index in [1.54, 1.807) is 0 Å². The van der Waals surface area contributed by atoms with Gasteiger partial charge in [-0.3, -0.25) is 0 Å². The van der Waals surface area contributed by atoms with E-state index in [-0.39, 0.29) is 14.9 Å². The molecule has 0 aliphatic rings. The summed E-state index contributed by atoms with van der Waals surface area (Å²) in [5.41, 5.74) is 0. The van der Waals surface area contributed by atoms with Gasteiger partial charge in [-0.1, -0.05) is 27.0 Å². The lowest BCUT2D eigenvalue weighted by atomic mass is 10.3. The normalized spacial score (nSPS) is 7.70. The Bertz CT molecular complexity index is 135. The minimum atomic E-state index is 0. The molecule has 60 valence electrons. The third kappa shape index (κ3) is 3.17. The van der Waals surface area contributed by atoms with Crippen LogP contribution in [-0.2, 0) is 6.42 Å². The van der Waals surface area contributed by atoms with Crippen LogP contribution in [0.3, 0.4) is 0 Å². The molecule has 1 aromatic rings. The smallest absolute Gasteiger partial charge is 0.174 e. The van der Waals surface area contributed by atoms with E-state index < -0.39 is 0 Å². The van der Waals surface area contributed by atoms with E-state index in [0.717, 1.165) is 18.7 Å². The van der Waals surface area contributed by atoms with E-state index in [1.807, 2.05) is 0 Å². The Morgan fingerprint density at radius 2 is 2.10 bits per heavy atom. The first-order valence-corrected chi connectivity index (χ1v) is 2.66. The summed E-state index contributed by atoms with van der Waals surface area (Å²) in [5, 5.41) is 13.3. The van der Waals surface area contributed by atoms with Crippen molar-refractivity contribution in [2.75, 3.05) is 0 Å². The maximum absolute atomic E-state index is 3.76. The molecule has 4 heteroatoms. The summed E-state index contributed by atoms with van der Waals surface area (Å²) < 4.78 is 0. The van der Waals surface area contributed by atoms with Crippen molar-refractivity contribution in [3.63, 3.8) is 0 Å². The molecule has 1 aromatic heterocycles. The van der Waals surface area contributed by atoms with Gasteiger partial charge in [-0.25, -0.2) is 0 Å². The van der Waals surface area contributed by atoms with Crippen molar-refractivity contribution < 1.29 is 0 Å². The van der Waals surface area contributed by atoms with E-state index in [1.165, 1.54) is 0 Å². The van der Waals surface area contributed by atoms with Crippen molar-refractivity contribution in [2.24, 2.45) is 0 Å². The van der Waals surface area contributed by atoms with Gasteiger partial charge in [0, 0.05) is 6.42 Å². The van der Waals surface area contributed by atoms with Crippen molar-refractivity contribution in [3.8, 4) is 0 Å². The van der Waals surface area contributed by atoms with Crippen LogP contribution in [-0.4, -0.2) is 20.6 Å². The molecule has 0 amide bonds. The largest absolute Gasteiger partial charge is 0.177 e. The summed E-state index contributed by atoms with van der Waals surface area (Å²) in [4.78, 5) is 0. The second-order valence-electron chi connectivity index (χ2n) is 1.58. The average Bonchev–Trinajstić information content (AvgIpc) is 2.19. The first kappa shape index (κ1) is 11.8. The number of aryl methyl sites for hydroxylation is 1. The maximum Gasteiger partial charge on any atom is 0.174 e. The lowest BCUT2D eigenvalue weighted by Crippen LogP contribution is -1.84. The number of nitrogens with one attached hydrogen (secondary N) is 1. The van der Waals surface area contributed by atoms with Crippen LogP contribution in [0, 0.1) is 0 Å².